The zero-order valence-electron chi connectivity index (χ0n) is 18.5. The third-order valence-corrected chi connectivity index (χ3v) is 5.61. The standard InChI is InChI=1S/C27H23ClFNO3/c1-4-32-26-17(3)27-21(22(15-33-27)18-8-6-5-7-9-18)14-20(26)16(2)12-25(31)30-24-11-10-19(28)13-23(24)29/h5-15H,4H2,1-3H3,(H,30,31)/b16-12+. The molecule has 0 saturated heterocycles. The lowest BCUT2D eigenvalue weighted by atomic mass is 9.96. The number of hydrogen-bond donors (Lipinski definition) is 1. The molecular formula is C27H23ClFNO3. The average Bonchev–Trinajstić information content (AvgIpc) is 3.22. The van der Waals surface area contributed by atoms with Gasteiger partial charge in [0.05, 0.1) is 18.6 Å². The number of anilines is 1. The first-order valence-corrected chi connectivity index (χ1v) is 10.9. The van der Waals surface area contributed by atoms with Gasteiger partial charge in [-0.3, -0.25) is 4.79 Å². The number of carbonyl (C=O) groups excluding carboxylic acids is 1. The summed E-state index contributed by atoms with van der Waals surface area (Å²) in [4.78, 5) is 12.6. The molecule has 168 valence electrons. The van der Waals surface area contributed by atoms with Crippen molar-refractivity contribution < 1.29 is 18.3 Å². The fourth-order valence-corrected chi connectivity index (χ4v) is 3.97. The van der Waals surface area contributed by atoms with Crippen LogP contribution in [0.25, 0.3) is 27.7 Å². The highest BCUT2D eigenvalue weighted by Gasteiger charge is 2.19. The molecule has 1 heterocycles. The molecule has 4 rings (SSSR count). The number of carbonyl (C=O) groups is 1. The SMILES string of the molecule is CCOc1c(/C(C)=C/C(=O)Nc2ccc(Cl)cc2F)cc2c(-c3ccccc3)coc2c1C. The molecule has 4 aromatic rings. The van der Waals surface area contributed by atoms with E-state index in [0.29, 0.717) is 17.9 Å². The highest BCUT2D eigenvalue weighted by molar-refractivity contribution is 6.30. The quantitative estimate of drug-likeness (QED) is 0.299. The minimum atomic E-state index is -0.597. The van der Waals surface area contributed by atoms with Crippen molar-refractivity contribution in [2.75, 3.05) is 11.9 Å². The number of furan rings is 1. The van der Waals surface area contributed by atoms with Gasteiger partial charge in [0.15, 0.2) is 0 Å². The second kappa shape index (κ2) is 9.51. The van der Waals surface area contributed by atoms with Crippen LogP contribution >= 0.6 is 11.6 Å². The number of allylic oxidation sites excluding steroid dienone is 1. The summed E-state index contributed by atoms with van der Waals surface area (Å²) in [5.74, 6) is -0.400. The molecule has 4 nitrogen and oxygen atoms in total. The molecule has 0 aliphatic heterocycles. The second-order valence-electron chi connectivity index (χ2n) is 7.64. The van der Waals surface area contributed by atoms with Crippen LogP contribution in [0.4, 0.5) is 10.1 Å². The molecule has 0 saturated carbocycles. The summed E-state index contributed by atoms with van der Waals surface area (Å²) < 4.78 is 25.9. The fourth-order valence-electron chi connectivity index (χ4n) is 3.81. The molecule has 1 N–H and O–H groups in total. The van der Waals surface area contributed by atoms with Crippen molar-refractivity contribution in [2.24, 2.45) is 0 Å². The van der Waals surface area contributed by atoms with Crippen LogP contribution in [0.2, 0.25) is 5.02 Å². The van der Waals surface area contributed by atoms with Gasteiger partial charge in [-0.05, 0) is 56.2 Å². The number of benzene rings is 3. The first kappa shape index (κ1) is 22.6. The van der Waals surface area contributed by atoms with Crippen LogP contribution in [0, 0.1) is 12.7 Å². The lowest BCUT2D eigenvalue weighted by molar-refractivity contribution is -0.111. The molecular weight excluding hydrogens is 441 g/mol. The molecule has 0 radical (unpaired) electrons. The molecule has 3 aromatic carbocycles. The Morgan fingerprint density at radius 3 is 2.64 bits per heavy atom. The maximum atomic E-state index is 14.1. The van der Waals surface area contributed by atoms with E-state index < -0.39 is 11.7 Å². The van der Waals surface area contributed by atoms with Gasteiger partial charge in [-0.15, -0.1) is 0 Å². The third-order valence-electron chi connectivity index (χ3n) is 5.38. The number of amides is 1. The first-order valence-electron chi connectivity index (χ1n) is 10.6. The number of ether oxygens (including phenoxy) is 1. The van der Waals surface area contributed by atoms with Gasteiger partial charge in [0.2, 0.25) is 5.91 Å². The van der Waals surface area contributed by atoms with Gasteiger partial charge in [-0.2, -0.15) is 0 Å². The smallest absolute Gasteiger partial charge is 0.248 e. The molecule has 0 atom stereocenters. The predicted molar refractivity (Wildman–Crippen MR) is 131 cm³/mol. The zero-order valence-corrected chi connectivity index (χ0v) is 19.3. The number of nitrogens with one attached hydrogen (secondary N) is 1. The molecule has 6 heteroatoms. The number of fused-ring (bicyclic) bond motifs is 1. The van der Waals surface area contributed by atoms with Crippen LogP contribution in [-0.2, 0) is 4.79 Å². The minimum Gasteiger partial charge on any atom is -0.493 e. The predicted octanol–water partition coefficient (Wildman–Crippen LogP) is 7.64. The van der Waals surface area contributed by atoms with Crippen LogP contribution in [0.15, 0.2) is 71.4 Å². The van der Waals surface area contributed by atoms with Gasteiger partial charge < -0.3 is 14.5 Å². The van der Waals surface area contributed by atoms with Gasteiger partial charge >= 0.3 is 0 Å². The molecule has 0 bridgehead atoms. The Balaban J connectivity index is 1.77. The van der Waals surface area contributed by atoms with E-state index in [0.717, 1.165) is 39.3 Å². The molecule has 0 aliphatic rings. The van der Waals surface area contributed by atoms with E-state index in [1.54, 1.807) is 6.26 Å². The third kappa shape index (κ3) is 4.64. The molecule has 1 aromatic heterocycles. The van der Waals surface area contributed by atoms with E-state index in [-0.39, 0.29) is 10.7 Å². The van der Waals surface area contributed by atoms with E-state index in [2.05, 4.69) is 5.32 Å². The molecule has 1 amide bonds. The number of hydrogen-bond acceptors (Lipinski definition) is 3. The maximum absolute atomic E-state index is 14.1. The van der Waals surface area contributed by atoms with Gasteiger partial charge in [0.25, 0.3) is 0 Å². The van der Waals surface area contributed by atoms with E-state index in [1.165, 1.54) is 18.2 Å². The number of halogens is 2. The normalized spacial score (nSPS) is 11.6. The number of aryl methyl sites for hydroxylation is 1. The Morgan fingerprint density at radius 2 is 1.94 bits per heavy atom. The Hall–Kier alpha value is -3.57. The van der Waals surface area contributed by atoms with E-state index in [1.807, 2.05) is 57.2 Å². The summed E-state index contributed by atoms with van der Waals surface area (Å²) in [6.45, 7) is 6.12. The summed E-state index contributed by atoms with van der Waals surface area (Å²) >= 11 is 5.79. The monoisotopic (exact) mass is 463 g/mol. The minimum absolute atomic E-state index is 0.0614. The van der Waals surface area contributed by atoms with E-state index in [9.17, 15) is 9.18 Å². The van der Waals surface area contributed by atoms with Gasteiger partial charge in [-0.25, -0.2) is 4.39 Å². The van der Waals surface area contributed by atoms with Crippen LogP contribution in [-0.4, -0.2) is 12.5 Å². The van der Waals surface area contributed by atoms with Gasteiger partial charge in [-0.1, -0.05) is 41.9 Å². The largest absolute Gasteiger partial charge is 0.493 e. The Labute approximate surface area is 196 Å². The second-order valence-corrected chi connectivity index (χ2v) is 8.08. The summed E-state index contributed by atoms with van der Waals surface area (Å²) in [5, 5.41) is 3.75. The van der Waals surface area contributed by atoms with Crippen LogP contribution in [0.1, 0.15) is 25.0 Å². The van der Waals surface area contributed by atoms with Crippen molar-refractivity contribution in [3.05, 3.63) is 88.9 Å². The Kier molecular flexibility index (Phi) is 6.52. The van der Waals surface area contributed by atoms with E-state index in [4.69, 9.17) is 20.8 Å². The first-order chi connectivity index (χ1) is 15.9. The van der Waals surface area contributed by atoms with E-state index >= 15 is 0 Å². The summed E-state index contributed by atoms with van der Waals surface area (Å²) in [5.41, 5.74) is 5.08. The molecule has 0 unspecified atom stereocenters. The molecule has 0 aliphatic carbocycles. The summed E-state index contributed by atoms with van der Waals surface area (Å²) in [6.07, 6.45) is 3.17. The fraction of sp³-hybridized carbons (Fsp3) is 0.148. The van der Waals surface area contributed by atoms with Crippen molar-refractivity contribution in [3.8, 4) is 16.9 Å². The van der Waals surface area contributed by atoms with Gasteiger partial charge in [0.1, 0.15) is 17.1 Å². The Morgan fingerprint density at radius 1 is 1.18 bits per heavy atom. The van der Waals surface area contributed by atoms with Crippen molar-refractivity contribution in [1.29, 1.82) is 0 Å². The van der Waals surface area contributed by atoms with Crippen molar-refractivity contribution >= 4 is 39.7 Å². The topological polar surface area (TPSA) is 51.5 Å². The Bertz CT molecular complexity index is 1360. The van der Waals surface area contributed by atoms with Crippen LogP contribution < -0.4 is 10.1 Å². The lowest BCUT2D eigenvalue weighted by Gasteiger charge is -2.15. The summed E-state index contributed by atoms with van der Waals surface area (Å²) in [6, 6.07) is 16.0. The molecule has 0 fully saturated rings. The maximum Gasteiger partial charge on any atom is 0.248 e. The van der Waals surface area contributed by atoms with Crippen molar-refractivity contribution in [1.82, 2.24) is 0 Å². The zero-order chi connectivity index (χ0) is 23.5. The molecule has 0 spiro atoms. The molecule has 33 heavy (non-hydrogen) atoms. The lowest BCUT2D eigenvalue weighted by Crippen LogP contribution is -2.10. The highest BCUT2D eigenvalue weighted by atomic mass is 35.5. The number of rotatable bonds is 6. The van der Waals surface area contributed by atoms with Crippen molar-refractivity contribution in [2.45, 2.75) is 20.8 Å². The average molecular weight is 464 g/mol. The highest BCUT2D eigenvalue weighted by Crippen LogP contribution is 2.40. The van der Waals surface area contributed by atoms with Gasteiger partial charge in [0, 0.05) is 33.2 Å². The van der Waals surface area contributed by atoms with Crippen LogP contribution in [0.5, 0.6) is 5.75 Å². The van der Waals surface area contributed by atoms with Crippen molar-refractivity contribution in [3.63, 3.8) is 0 Å². The summed E-state index contributed by atoms with van der Waals surface area (Å²) in [7, 11) is 0. The van der Waals surface area contributed by atoms with Crippen LogP contribution in [0.3, 0.4) is 0 Å².